The average molecular weight is 265 g/mol. The zero-order valence-corrected chi connectivity index (χ0v) is 11.3. The van der Waals surface area contributed by atoms with Gasteiger partial charge in [-0.25, -0.2) is 8.78 Å². The van der Waals surface area contributed by atoms with E-state index in [2.05, 4.69) is 5.32 Å². The van der Waals surface area contributed by atoms with Crippen LogP contribution in [0.5, 0.6) is 0 Å². The van der Waals surface area contributed by atoms with Gasteiger partial charge < -0.3 is 9.73 Å². The van der Waals surface area contributed by atoms with Gasteiger partial charge in [0.1, 0.15) is 11.5 Å². The number of furan rings is 1. The summed E-state index contributed by atoms with van der Waals surface area (Å²) in [5.41, 5.74) is 0.438. The lowest BCUT2D eigenvalue weighted by Gasteiger charge is -2.06. The van der Waals surface area contributed by atoms with E-state index in [0.29, 0.717) is 24.1 Å². The van der Waals surface area contributed by atoms with E-state index in [1.165, 1.54) is 13.0 Å². The van der Waals surface area contributed by atoms with E-state index in [4.69, 9.17) is 4.42 Å². The monoisotopic (exact) mass is 265 g/mol. The molecule has 2 aromatic rings. The van der Waals surface area contributed by atoms with Crippen molar-refractivity contribution in [2.45, 2.75) is 33.4 Å². The number of benzene rings is 1. The molecule has 0 radical (unpaired) electrons. The van der Waals surface area contributed by atoms with E-state index in [1.807, 2.05) is 13.8 Å². The van der Waals surface area contributed by atoms with Gasteiger partial charge in [-0.3, -0.25) is 0 Å². The molecule has 0 atom stereocenters. The first-order valence-electron chi connectivity index (χ1n) is 6.26. The van der Waals surface area contributed by atoms with Crippen molar-refractivity contribution >= 4 is 0 Å². The topological polar surface area (TPSA) is 25.2 Å². The molecule has 0 saturated carbocycles. The first-order chi connectivity index (χ1) is 8.99. The molecule has 0 bridgehead atoms. The van der Waals surface area contributed by atoms with Crippen LogP contribution in [0.1, 0.15) is 25.2 Å². The van der Waals surface area contributed by atoms with Gasteiger partial charge >= 0.3 is 0 Å². The van der Waals surface area contributed by atoms with Crippen LogP contribution in [-0.4, -0.2) is 6.04 Å². The summed E-state index contributed by atoms with van der Waals surface area (Å²) in [5.74, 6) is -0.644. The summed E-state index contributed by atoms with van der Waals surface area (Å²) in [6.45, 7) is 6.15. The first-order valence-corrected chi connectivity index (χ1v) is 6.26. The van der Waals surface area contributed by atoms with Crippen LogP contribution in [0.4, 0.5) is 8.78 Å². The van der Waals surface area contributed by atoms with Crippen molar-refractivity contribution in [3.8, 4) is 11.3 Å². The number of rotatable bonds is 4. The number of nitrogens with one attached hydrogen (secondary N) is 1. The number of aryl methyl sites for hydroxylation is 1. The molecule has 2 rings (SSSR count). The van der Waals surface area contributed by atoms with Gasteiger partial charge in [-0.05, 0) is 30.7 Å². The summed E-state index contributed by atoms with van der Waals surface area (Å²) in [5, 5.41) is 3.20. The fourth-order valence-corrected chi connectivity index (χ4v) is 1.76. The highest BCUT2D eigenvalue weighted by Gasteiger charge is 2.15. The van der Waals surface area contributed by atoms with Crippen LogP contribution in [-0.2, 0) is 6.54 Å². The lowest BCUT2D eigenvalue weighted by Crippen LogP contribution is -2.21. The minimum atomic E-state index is -0.863. The standard InChI is InChI=1S/C15H17F2NO/c1-9(2)18-8-11-5-7-13(19-11)12-6-4-10(3)14(16)15(12)17/h4-7,9,18H,8H2,1-3H3. The summed E-state index contributed by atoms with van der Waals surface area (Å²) in [6.07, 6.45) is 0. The smallest absolute Gasteiger partial charge is 0.170 e. The van der Waals surface area contributed by atoms with Gasteiger partial charge in [0.25, 0.3) is 0 Å². The highest BCUT2D eigenvalue weighted by atomic mass is 19.2. The molecule has 1 aromatic carbocycles. The van der Waals surface area contributed by atoms with Crippen LogP contribution >= 0.6 is 0 Å². The highest BCUT2D eigenvalue weighted by molar-refractivity contribution is 5.59. The molecule has 0 saturated heterocycles. The third-order valence-corrected chi connectivity index (χ3v) is 2.89. The Labute approximate surface area is 111 Å². The molecule has 0 aliphatic carbocycles. The van der Waals surface area contributed by atoms with E-state index in [1.54, 1.807) is 18.2 Å². The fraction of sp³-hybridized carbons (Fsp3) is 0.333. The molecule has 19 heavy (non-hydrogen) atoms. The van der Waals surface area contributed by atoms with Crippen molar-refractivity contribution in [3.05, 3.63) is 47.2 Å². The zero-order chi connectivity index (χ0) is 14.0. The minimum absolute atomic E-state index is 0.152. The summed E-state index contributed by atoms with van der Waals surface area (Å²) in [6, 6.07) is 6.84. The lowest BCUT2D eigenvalue weighted by molar-refractivity contribution is 0.466. The molecule has 4 heteroatoms. The lowest BCUT2D eigenvalue weighted by atomic mass is 10.1. The molecule has 0 fully saturated rings. The Kier molecular flexibility index (Phi) is 4.00. The molecule has 2 nitrogen and oxygen atoms in total. The highest BCUT2D eigenvalue weighted by Crippen LogP contribution is 2.27. The molecular weight excluding hydrogens is 248 g/mol. The van der Waals surface area contributed by atoms with E-state index >= 15 is 0 Å². The molecular formula is C15H17F2NO. The first kappa shape index (κ1) is 13.7. The fourth-order valence-electron chi connectivity index (χ4n) is 1.76. The SMILES string of the molecule is Cc1ccc(-c2ccc(CNC(C)C)o2)c(F)c1F. The van der Waals surface area contributed by atoms with E-state index in [0.717, 1.165) is 0 Å². The summed E-state index contributed by atoms with van der Waals surface area (Å²) < 4.78 is 32.9. The molecule has 0 aliphatic heterocycles. The van der Waals surface area contributed by atoms with Crippen molar-refractivity contribution < 1.29 is 13.2 Å². The van der Waals surface area contributed by atoms with Crippen molar-refractivity contribution in [2.75, 3.05) is 0 Å². The molecule has 0 spiro atoms. The number of halogens is 2. The van der Waals surface area contributed by atoms with E-state index in [-0.39, 0.29) is 11.1 Å². The Bertz CT molecular complexity index is 576. The van der Waals surface area contributed by atoms with Gasteiger partial charge in [0.05, 0.1) is 12.1 Å². The van der Waals surface area contributed by atoms with Crippen LogP contribution in [0.2, 0.25) is 0 Å². The predicted molar refractivity (Wildman–Crippen MR) is 70.8 cm³/mol. The van der Waals surface area contributed by atoms with Gasteiger partial charge in [0.2, 0.25) is 0 Å². The van der Waals surface area contributed by atoms with Crippen molar-refractivity contribution in [1.29, 1.82) is 0 Å². The van der Waals surface area contributed by atoms with Gasteiger partial charge in [0, 0.05) is 6.04 Å². The normalized spacial score (nSPS) is 11.3. The van der Waals surface area contributed by atoms with Gasteiger partial charge in [-0.1, -0.05) is 19.9 Å². The Morgan fingerprint density at radius 3 is 2.53 bits per heavy atom. The second kappa shape index (κ2) is 5.53. The molecule has 0 amide bonds. The minimum Gasteiger partial charge on any atom is -0.460 e. The van der Waals surface area contributed by atoms with Crippen molar-refractivity contribution in [1.82, 2.24) is 5.32 Å². The van der Waals surface area contributed by atoms with Crippen LogP contribution in [0.3, 0.4) is 0 Å². The van der Waals surface area contributed by atoms with E-state index < -0.39 is 11.6 Å². The predicted octanol–water partition coefficient (Wildman–Crippen LogP) is 4.03. The van der Waals surface area contributed by atoms with Crippen LogP contribution < -0.4 is 5.32 Å². The molecule has 1 heterocycles. The zero-order valence-electron chi connectivity index (χ0n) is 11.3. The average Bonchev–Trinajstić information content (AvgIpc) is 2.82. The second-order valence-corrected chi connectivity index (χ2v) is 4.86. The second-order valence-electron chi connectivity index (χ2n) is 4.86. The third-order valence-electron chi connectivity index (χ3n) is 2.89. The number of hydrogen-bond acceptors (Lipinski definition) is 2. The summed E-state index contributed by atoms with van der Waals surface area (Å²) in [4.78, 5) is 0. The Morgan fingerprint density at radius 1 is 1.11 bits per heavy atom. The molecule has 0 unspecified atom stereocenters. The van der Waals surface area contributed by atoms with Gasteiger partial charge in [0.15, 0.2) is 11.6 Å². The van der Waals surface area contributed by atoms with Crippen molar-refractivity contribution in [2.24, 2.45) is 0 Å². The van der Waals surface area contributed by atoms with Crippen LogP contribution in [0.25, 0.3) is 11.3 Å². The number of hydrogen-bond donors (Lipinski definition) is 1. The Balaban J connectivity index is 2.26. The van der Waals surface area contributed by atoms with Crippen LogP contribution in [0, 0.1) is 18.6 Å². The Morgan fingerprint density at radius 2 is 1.84 bits per heavy atom. The largest absolute Gasteiger partial charge is 0.460 e. The van der Waals surface area contributed by atoms with Crippen molar-refractivity contribution in [3.63, 3.8) is 0 Å². The molecule has 1 aromatic heterocycles. The molecule has 1 N–H and O–H groups in total. The molecule has 0 aliphatic rings. The summed E-state index contributed by atoms with van der Waals surface area (Å²) >= 11 is 0. The van der Waals surface area contributed by atoms with E-state index in [9.17, 15) is 8.78 Å². The maximum Gasteiger partial charge on any atom is 0.170 e. The summed E-state index contributed by atoms with van der Waals surface area (Å²) in [7, 11) is 0. The van der Waals surface area contributed by atoms with Gasteiger partial charge in [-0.15, -0.1) is 0 Å². The third kappa shape index (κ3) is 3.01. The van der Waals surface area contributed by atoms with Gasteiger partial charge in [-0.2, -0.15) is 0 Å². The maximum atomic E-state index is 13.8. The maximum absolute atomic E-state index is 13.8. The Hall–Kier alpha value is -1.68. The molecule has 102 valence electrons. The van der Waals surface area contributed by atoms with Crippen LogP contribution in [0.15, 0.2) is 28.7 Å². The quantitative estimate of drug-likeness (QED) is 0.902.